The van der Waals surface area contributed by atoms with E-state index in [1.807, 2.05) is 30.3 Å². The highest BCUT2D eigenvalue weighted by atomic mass is 16.5. The fourth-order valence-electron chi connectivity index (χ4n) is 1.51. The van der Waals surface area contributed by atoms with Crippen LogP contribution in [0.25, 0.3) is 0 Å². The van der Waals surface area contributed by atoms with Crippen LogP contribution in [0.4, 0.5) is 0 Å². The highest BCUT2D eigenvalue weighted by Gasteiger charge is 2.22. The molecule has 0 amide bonds. The van der Waals surface area contributed by atoms with Crippen LogP contribution < -0.4 is 0 Å². The van der Waals surface area contributed by atoms with Gasteiger partial charge in [-0.2, -0.15) is 0 Å². The SMILES string of the molecule is C=C[C@H](c1ccccc1)[C@@H](C=O)OC(C)=O. The number of ether oxygens (including phenoxy) is 1. The summed E-state index contributed by atoms with van der Waals surface area (Å²) in [6, 6.07) is 9.34. The molecular formula is C13H14O3. The number of esters is 1. The molecule has 1 aromatic rings. The average Bonchev–Trinajstić information content (AvgIpc) is 2.29. The van der Waals surface area contributed by atoms with Gasteiger partial charge in [-0.15, -0.1) is 6.58 Å². The normalized spacial score (nSPS) is 13.6. The van der Waals surface area contributed by atoms with Crippen molar-refractivity contribution in [3.05, 3.63) is 48.6 Å². The van der Waals surface area contributed by atoms with E-state index < -0.39 is 12.1 Å². The third-order valence-corrected chi connectivity index (χ3v) is 2.23. The molecule has 1 rings (SSSR count). The molecule has 0 aromatic heterocycles. The topological polar surface area (TPSA) is 43.4 Å². The van der Waals surface area contributed by atoms with Crippen molar-refractivity contribution < 1.29 is 14.3 Å². The van der Waals surface area contributed by atoms with Gasteiger partial charge >= 0.3 is 5.97 Å². The van der Waals surface area contributed by atoms with Crippen molar-refractivity contribution in [1.29, 1.82) is 0 Å². The Kier molecular flexibility index (Phi) is 4.45. The van der Waals surface area contributed by atoms with Crippen LogP contribution in [0.1, 0.15) is 18.4 Å². The van der Waals surface area contributed by atoms with Gasteiger partial charge in [0, 0.05) is 12.8 Å². The van der Waals surface area contributed by atoms with Crippen LogP contribution in [0.5, 0.6) is 0 Å². The minimum Gasteiger partial charge on any atom is -0.454 e. The number of hydrogen-bond donors (Lipinski definition) is 0. The highest BCUT2D eigenvalue weighted by molar-refractivity contribution is 5.71. The van der Waals surface area contributed by atoms with E-state index in [4.69, 9.17) is 4.74 Å². The summed E-state index contributed by atoms with van der Waals surface area (Å²) < 4.78 is 4.93. The molecule has 0 aliphatic rings. The molecule has 0 saturated heterocycles. The summed E-state index contributed by atoms with van der Waals surface area (Å²) in [6.07, 6.45) is 1.43. The fourth-order valence-corrected chi connectivity index (χ4v) is 1.51. The van der Waals surface area contributed by atoms with E-state index in [1.165, 1.54) is 6.92 Å². The van der Waals surface area contributed by atoms with E-state index in [-0.39, 0.29) is 5.92 Å². The van der Waals surface area contributed by atoms with Gasteiger partial charge in [-0.25, -0.2) is 0 Å². The molecular weight excluding hydrogens is 204 g/mol. The zero-order valence-electron chi connectivity index (χ0n) is 9.13. The van der Waals surface area contributed by atoms with Crippen molar-refractivity contribution in [2.24, 2.45) is 0 Å². The monoisotopic (exact) mass is 218 g/mol. The number of benzene rings is 1. The van der Waals surface area contributed by atoms with E-state index in [9.17, 15) is 9.59 Å². The maximum absolute atomic E-state index is 10.9. The summed E-state index contributed by atoms with van der Waals surface area (Å²) in [5, 5.41) is 0. The number of carbonyl (C=O) groups excluding carboxylic acids is 2. The average molecular weight is 218 g/mol. The number of rotatable bonds is 5. The van der Waals surface area contributed by atoms with E-state index >= 15 is 0 Å². The molecule has 2 atom stereocenters. The molecule has 3 nitrogen and oxygen atoms in total. The molecule has 16 heavy (non-hydrogen) atoms. The third kappa shape index (κ3) is 3.05. The van der Waals surface area contributed by atoms with Gasteiger partial charge in [-0.1, -0.05) is 36.4 Å². The highest BCUT2D eigenvalue weighted by Crippen LogP contribution is 2.22. The van der Waals surface area contributed by atoms with Crippen LogP contribution in [0, 0.1) is 0 Å². The molecule has 0 aliphatic heterocycles. The molecule has 0 heterocycles. The minimum absolute atomic E-state index is 0.303. The van der Waals surface area contributed by atoms with E-state index in [0.29, 0.717) is 6.29 Å². The largest absolute Gasteiger partial charge is 0.454 e. The summed E-state index contributed by atoms with van der Waals surface area (Å²) >= 11 is 0. The summed E-state index contributed by atoms with van der Waals surface area (Å²) in [6.45, 7) is 4.94. The molecule has 3 heteroatoms. The summed E-state index contributed by atoms with van der Waals surface area (Å²) in [5.74, 6) is -0.775. The summed E-state index contributed by atoms with van der Waals surface area (Å²) in [4.78, 5) is 21.7. The number of aldehydes is 1. The van der Waals surface area contributed by atoms with Gasteiger partial charge in [-0.3, -0.25) is 9.59 Å². The minimum atomic E-state index is -0.808. The summed E-state index contributed by atoms with van der Waals surface area (Å²) in [5.41, 5.74) is 0.899. The van der Waals surface area contributed by atoms with Crippen LogP contribution in [0.2, 0.25) is 0 Å². The zero-order valence-corrected chi connectivity index (χ0v) is 9.13. The lowest BCUT2D eigenvalue weighted by Crippen LogP contribution is -2.24. The van der Waals surface area contributed by atoms with Crippen molar-refractivity contribution >= 4 is 12.3 Å². The molecule has 0 fully saturated rings. The molecule has 84 valence electrons. The number of carbonyl (C=O) groups is 2. The van der Waals surface area contributed by atoms with Crippen LogP contribution in [-0.2, 0) is 14.3 Å². The Morgan fingerprint density at radius 2 is 2.00 bits per heavy atom. The van der Waals surface area contributed by atoms with Crippen molar-refractivity contribution in [3.8, 4) is 0 Å². The first-order chi connectivity index (χ1) is 7.69. The van der Waals surface area contributed by atoms with Gasteiger partial charge in [0.25, 0.3) is 0 Å². The second kappa shape index (κ2) is 5.85. The first kappa shape index (κ1) is 12.2. The van der Waals surface area contributed by atoms with Gasteiger partial charge < -0.3 is 4.74 Å². The lowest BCUT2D eigenvalue weighted by Gasteiger charge is -2.19. The maximum Gasteiger partial charge on any atom is 0.303 e. The van der Waals surface area contributed by atoms with Gasteiger partial charge in [0.1, 0.15) is 0 Å². The van der Waals surface area contributed by atoms with Crippen molar-refractivity contribution in [1.82, 2.24) is 0 Å². The van der Waals surface area contributed by atoms with E-state index in [2.05, 4.69) is 6.58 Å². The fraction of sp³-hybridized carbons (Fsp3) is 0.231. The Balaban J connectivity index is 2.92. The Bertz CT molecular complexity index is 370. The molecule has 0 saturated carbocycles. The standard InChI is InChI=1S/C13H14O3/c1-3-12(11-7-5-4-6-8-11)13(9-14)16-10(2)15/h3-9,12-13H,1H2,2H3/t12-,13-/m1/s1. The predicted molar refractivity (Wildman–Crippen MR) is 61.0 cm³/mol. The van der Waals surface area contributed by atoms with Gasteiger partial charge in [0.15, 0.2) is 12.4 Å². The molecule has 0 aliphatic carbocycles. The molecule has 0 N–H and O–H groups in total. The maximum atomic E-state index is 10.9. The Hall–Kier alpha value is -1.90. The van der Waals surface area contributed by atoms with E-state index in [1.54, 1.807) is 6.08 Å². The first-order valence-corrected chi connectivity index (χ1v) is 4.99. The first-order valence-electron chi connectivity index (χ1n) is 4.99. The molecule has 0 spiro atoms. The summed E-state index contributed by atoms with van der Waals surface area (Å²) in [7, 11) is 0. The van der Waals surface area contributed by atoms with Crippen LogP contribution in [-0.4, -0.2) is 18.4 Å². The molecule has 0 unspecified atom stereocenters. The quantitative estimate of drug-likeness (QED) is 0.432. The van der Waals surface area contributed by atoms with Gasteiger partial charge in [0.05, 0.1) is 0 Å². The van der Waals surface area contributed by atoms with Crippen molar-refractivity contribution in [2.75, 3.05) is 0 Å². The number of hydrogen-bond acceptors (Lipinski definition) is 3. The predicted octanol–water partition coefficient (Wildman–Crippen LogP) is 2.09. The lowest BCUT2D eigenvalue weighted by molar-refractivity contribution is -0.150. The van der Waals surface area contributed by atoms with Crippen molar-refractivity contribution in [2.45, 2.75) is 18.9 Å². The molecule has 1 aromatic carbocycles. The van der Waals surface area contributed by atoms with Crippen LogP contribution in [0.15, 0.2) is 43.0 Å². The Labute approximate surface area is 94.7 Å². The Morgan fingerprint density at radius 3 is 2.44 bits per heavy atom. The van der Waals surface area contributed by atoms with E-state index in [0.717, 1.165) is 5.56 Å². The molecule has 0 radical (unpaired) electrons. The van der Waals surface area contributed by atoms with Crippen molar-refractivity contribution in [3.63, 3.8) is 0 Å². The molecule has 0 bridgehead atoms. The third-order valence-electron chi connectivity index (χ3n) is 2.23. The lowest BCUT2D eigenvalue weighted by atomic mass is 9.94. The second-order valence-corrected chi connectivity index (χ2v) is 3.38. The van der Waals surface area contributed by atoms with Gasteiger partial charge in [0.2, 0.25) is 0 Å². The Morgan fingerprint density at radius 1 is 1.38 bits per heavy atom. The van der Waals surface area contributed by atoms with Crippen LogP contribution in [0.3, 0.4) is 0 Å². The van der Waals surface area contributed by atoms with Crippen LogP contribution >= 0.6 is 0 Å². The zero-order chi connectivity index (χ0) is 12.0. The smallest absolute Gasteiger partial charge is 0.303 e. The van der Waals surface area contributed by atoms with Gasteiger partial charge in [-0.05, 0) is 5.56 Å². The second-order valence-electron chi connectivity index (χ2n) is 3.38.